The van der Waals surface area contributed by atoms with Gasteiger partial charge in [0.05, 0.1) is 24.3 Å². The highest BCUT2D eigenvalue weighted by Gasteiger charge is 2.46. The number of nitrogens with zero attached hydrogens (tertiary/aromatic N) is 2. The number of aliphatic hydroxyl groups excluding tert-OH is 1. The van der Waals surface area contributed by atoms with Gasteiger partial charge in [0.2, 0.25) is 0 Å². The van der Waals surface area contributed by atoms with E-state index in [0.29, 0.717) is 40.8 Å². The zero-order chi connectivity index (χ0) is 26.5. The molecule has 0 saturated carbocycles. The fraction of sp³-hybridized carbons (Fsp3) is 0.241. The lowest BCUT2D eigenvalue weighted by atomic mass is 9.94. The molecule has 0 aliphatic carbocycles. The summed E-state index contributed by atoms with van der Waals surface area (Å²) in [5.74, 6) is -0.233. The Morgan fingerprint density at radius 3 is 2.43 bits per heavy atom. The van der Waals surface area contributed by atoms with Gasteiger partial charge in [-0.15, -0.1) is 0 Å². The molecular weight excluding hydrogens is 492 g/mol. The first kappa shape index (κ1) is 26.3. The summed E-state index contributed by atoms with van der Waals surface area (Å²) in [6.07, 6.45) is 0.650. The van der Waals surface area contributed by atoms with E-state index in [1.54, 1.807) is 30.3 Å². The largest absolute Gasteiger partial charge is 0.507 e. The molecule has 3 aromatic carbocycles. The van der Waals surface area contributed by atoms with Crippen LogP contribution in [0.3, 0.4) is 0 Å². The number of para-hydroxylation sites is 1. The predicted octanol–water partition coefficient (Wildman–Crippen LogP) is 5.51. The summed E-state index contributed by atoms with van der Waals surface area (Å²) >= 11 is 6.19. The maximum Gasteiger partial charge on any atom is 0.295 e. The van der Waals surface area contributed by atoms with Gasteiger partial charge in [0.1, 0.15) is 23.0 Å². The van der Waals surface area contributed by atoms with Crippen molar-refractivity contribution in [2.24, 2.45) is 0 Å². The topological polar surface area (TPSA) is 79.3 Å². The smallest absolute Gasteiger partial charge is 0.295 e. The molecule has 3 aromatic rings. The Morgan fingerprint density at radius 2 is 1.73 bits per heavy atom. The third-order valence-corrected chi connectivity index (χ3v) is 6.35. The number of hydrogen-bond acceptors (Lipinski definition) is 6. The molecule has 1 N–H and O–H groups in total. The summed E-state index contributed by atoms with van der Waals surface area (Å²) in [6, 6.07) is 20.4. The van der Waals surface area contributed by atoms with E-state index in [4.69, 9.17) is 21.1 Å². The number of aliphatic hydroxyl groups is 1. The van der Waals surface area contributed by atoms with Crippen LogP contribution in [0.2, 0.25) is 5.02 Å². The number of halogens is 1. The summed E-state index contributed by atoms with van der Waals surface area (Å²) in [4.78, 5) is 30.1. The molecule has 4 rings (SSSR count). The van der Waals surface area contributed by atoms with Gasteiger partial charge in [-0.05, 0) is 75.1 Å². The van der Waals surface area contributed by atoms with E-state index in [0.717, 1.165) is 6.54 Å². The molecule has 1 amide bonds. The van der Waals surface area contributed by atoms with E-state index in [-0.39, 0.29) is 16.9 Å². The number of methoxy groups -OCH3 is 1. The lowest BCUT2D eigenvalue weighted by Gasteiger charge is -2.26. The van der Waals surface area contributed by atoms with Crippen molar-refractivity contribution in [1.82, 2.24) is 9.80 Å². The van der Waals surface area contributed by atoms with Gasteiger partial charge in [0, 0.05) is 11.6 Å². The van der Waals surface area contributed by atoms with Crippen LogP contribution < -0.4 is 9.47 Å². The molecule has 0 bridgehead atoms. The number of ketones is 1. The molecule has 1 saturated heterocycles. The van der Waals surface area contributed by atoms with Crippen LogP contribution in [0.25, 0.3) is 5.76 Å². The van der Waals surface area contributed by atoms with Gasteiger partial charge in [-0.3, -0.25) is 9.59 Å². The van der Waals surface area contributed by atoms with Crippen LogP contribution in [0, 0.1) is 0 Å². The lowest BCUT2D eigenvalue weighted by Crippen LogP contribution is -2.32. The highest BCUT2D eigenvalue weighted by atomic mass is 35.5. The first-order chi connectivity index (χ1) is 17.8. The molecule has 1 aliphatic heterocycles. The van der Waals surface area contributed by atoms with Crippen LogP contribution in [0.5, 0.6) is 17.2 Å². The molecule has 37 heavy (non-hydrogen) atoms. The van der Waals surface area contributed by atoms with Crippen molar-refractivity contribution in [3.05, 3.63) is 94.5 Å². The van der Waals surface area contributed by atoms with E-state index in [2.05, 4.69) is 0 Å². The van der Waals surface area contributed by atoms with E-state index >= 15 is 0 Å². The second-order valence-electron chi connectivity index (χ2n) is 8.98. The minimum absolute atomic E-state index is 0.0210. The fourth-order valence-electron chi connectivity index (χ4n) is 4.40. The number of likely N-dealkylation sites (tertiary alicyclic amines) is 1. The van der Waals surface area contributed by atoms with Crippen LogP contribution in [0.4, 0.5) is 0 Å². The molecule has 192 valence electrons. The second-order valence-corrected chi connectivity index (χ2v) is 9.42. The molecule has 1 atom stereocenters. The monoisotopic (exact) mass is 520 g/mol. The van der Waals surface area contributed by atoms with Gasteiger partial charge >= 0.3 is 0 Å². The number of Topliss-reactive ketones (excluding diaryl/α,β-unsaturated/α-hetero) is 1. The molecule has 1 fully saturated rings. The third kappa shape index (κ3) is 5.79. The second kappa shape index (κ2) is 11.5. The average molecular weight is 521 g/mol. The maximum absolute atomic E-state index is 13.3. The van der Waals surface area contributed by atoms with E-state index in [1.807, 2.05) is 55.4 Å². The van der Waals surface area contributed by atoms with Gasteiger partial charge < -0.3 is 24.4 Å². The highest BCUT2D eigenvalue weighted by Crippen LogP contribution is 2.42. The number of carbonyl (C=O) groups excluding carboxylic acids is 2. The van der Waals surface area contributed by atoms with Crippen molar-refractivity contribution in [2.75, 3.05) is 34.3 Å². The van der Waals surface area contributed by atoms with Crippen molar-refractivity contribution in [3.8, 4) is 17.2 Å². The number of rotatable bonds is 9. The van der Waals surface area contributed by atoms with Crippen LogP contribution >= 0.6 is 11.6 Å². The molecular formula is C29H29ClN2O5. The molecule has 1 unspecified atom stereocenters. The van der Waals surface area contributed by atoms with Crippen molar-refractivity contribution in [2.45, 2.75) is 12.5 Å². The standard InChI is InChI=1S/C29H29ClN2O5/c1-31(2)15-8-16-32-26(19-9-7-12-22(17-19)37-21-10-5-4-6-11-21)25(28(34)29(32)35)27(33)23-18-20(30)13-14-24(23)36-3/h4-7,9-14,17-18,26,33H,8,15-16H2,1-3H3/b27-25+. The minimum atomic E-state index is -0.815. The predicted molar refractivity (Wildman–Crippen MR) is 143 cm³/mol. The molecule has 7 nitrogen and oxygen atoms in total. The van der Waals surface area contributed by atoms with Crippen LogP contribution in [0.1, 0.15) is 23.6 Å². The Morgan fingerprint density at radius 1 is 1.00 bits per heavy atom. The van der Waals surface area contributed by atoms with Crippen molar-refractivity contribution in [1.29, 1.82) is 0 Å². The normalized spacial score (nSPS) is 16.9. The number of benzene rings is 3. The minimum Gasteiger partial charge on any atom is -0.507 e. The molecule has 0 aromatic heterocycles. The van der Waals surface area contributed by atoms with Gasteiger partial charge in [-0.2, -0.15) is 0 Å². The summed E-state index contributed by atoms with van der Waals surface area (Å²) in [7, 11) is 5.35. The first-order valence-electron chi connectivity index (χ1n) is 11.9. The molecule has 0 radical (unpaired) electrons. The van der Waals surface area contributed by atoms with Gasteiger partial charge in [-0.25, -0.2) is 0 Å². The summed E-state index contributed by atoms with van der Waals surface area (Å²) in [6.45, 7) is 1.07. The fourth-order valence-corrected chi connectivity index (χ4v) is 4.57. The Kier molecular flexibility index (Phi) is 8.16. The quantitative estimate of drug-likeness (QED) is 0.227. The molecule has 1 heterocycles. The summed E-state index contributed by atoms with van der Waals surface area (Å²) in [5, 5.41) is 11.8. The third-order valence-electron chi connectivity index (χ3n) is 6.11. The van der Waals surface area contributed by atoms with Gasteiger partial charge in [0.15, 0.2) is 0 Å². The SMILES string of the molecule is COc1ccc(Cl)cc1/C(O)=C1\C(=O)C(=O)N(CCCN(C)C)C1c1cccc(Oc2ccccc2)c1. The highest BCUT2D eigenvalue weighted by molar-refractivity contribution is 6.46. The number of amides is 1. The number of carbonyl (C=O) groups is 2. The zero-order valence-corrected chi connectivity index (χ0v) is 21.7. The van der Waals surface area contributed by atoms with Crippen molar-refractivity contribution in [3.63, 3.8) is 0 Å². The van der Waals surface area contributed by atoms with E-state index in [9.17, 15) is 14.7 Å². The number of hydrogen-bond donors (Lipinski definition) is 1. The van der Waals surface area contributed by atoms with Gasteiger partial charge in [-0.1, -0.05) is 41.9 Å². The number of ether oxygens (including phenoxy) is 2. The Balaban J connectivity index is 1.82. The van der Waals surface area contributed by atoms with Crippen LogP contribution in [0.15, 0.2) is 78.4 Å². The average Bonchev–Trinajstić information content (AvgIpc) is 3.14. The van der Waals surface area contributed by atoms with Crippen LogP contribution in [-0.2, 0) is 9.59 Å². The maximum atomic E-state index is 13.3. The lowest BCUT2D eigenvalue weighted by molar-refractivity contribution is -0.139. The Hall–Kier alpha value is -3.81. The zero-order valence-electron chi connectivity index (χ0n) is 21.0. The Bertz CT molecular complexity index is 1320. The summed E-state index contributed by atoms with van der Waals surface area (Å²) in [5.41, 5.74) is 0.857. The van der Waals surface area contributed by atoms with Crippen molar-refractivity contribution >= 4 is 29.1 Å². The van der Waals surface area contributed by atoms with Gasteiger partial charge in [0.25, 0.3) is 11.7 Å². The molecule has 0 spiro atoms. The van der Waals surface area contributed by atoms with E-state index < -0.39 is 17.7 Å². The molecule has 1 aliphatic rings. The molecule has 8 heteroatoms. The van der Waals surface area contributed by atoms with Crippen LogP contribution in [-0.4, -0.2) is 60.9 Å². The Labute approximate surface area is 221 Å². The van der Waals surface area contributed by atoms with E-state index in [1.165, 1.54) is 18.1 Å². The first-order valence-corrected chi connectivity index (χ1v) is 12.3. The van der Waals surface area contributed by atoms with Crippen molar-refractivity contribution < 1.29 is 24.2 Å². The summed E-state index contributed by atoms with van der Waals surface area (Å²) < 4.78 is 11.4.